The summed E-state index contributed by atoms with van der Waals surface area (Å²) in [4.78, 5) is 65.3. The molecule has 1 aromatic rings. The standard InChI is InChI=1S/C30H43N5O6/c1-17(31-5)27(38)34-26(30(2,3)4)29(40)35-14-13-19-9-10-21(25(19)35)33-23(36)16-18-7-6-8-20(15-18)32-28(39)22-11-12-24(37)41-22/h6-8,15,17,19,21-22,25-26,31H,9-14,16H2,1-5H3,(H,32,39)(H,33,36)(H,34,38)/t17-,19+,21-,22?,25-,26+/m0/s1. The van der Waals surface area contributed by atoms with Crippen LogP contribution in [0, 0.1) is 11.3 Å². The molecule has 0 spiro atoms. The van der Waals surface area contributed by atoms with Gasteiger partial charge in [0, 0.05) is 31.1 Å². The second kappa shape index (κ2) is 12.6. The Bertz CT molecular complexity index is 1180. The molecule has 0 radical (unpaired) electrons. The van der Waals surface area contributed by atoms with E-state index in [1.807, 2.05) is 31.7 Å². The zero-order valence-corrected chi connectivity index (χ0v) is 24.6. The number of likely N-dealkylation sites (N-methyl/N-ethyl adjacent to an activating group) is 1. The summed E-state index contributed by atoms with van der Waals surface area (Å²) in [5.41, 5.74) is 0.765. The fourth-order valence-electron chi connectivity index (χ4n) is 6.07. The van der Waals surface area contributed by atoms with Crippen molar-refractivity contribution in [1.29, 1.82) is 0 Å². The van der Waals surface area contributed by atoms with Crippen LogP contribution < -0.4 is 21.3 Å². The number of rotatable bonds is 9. The molecule has 11 heteroatoms. The van der Waals surface area contributed by atoms with E-state index >= 15 is 0 Å². The summed E-state index contributed by atoms with van der Waals surface area (Å²) < 4.78 is 5.03. The first-order valence-electron chi connectivity index (χ1n) is 14.5. The van der Waals surface area contributed by atoms with Crippen molar-refractivity contribution in [2.45, 2.75) is 96.5 Å². The van der Waals surface area contributed by atoms with E-state index in [4.69, 9.17) is 4.74 Å². The number of nitrogens with zero attached hydrogens (tertiary/aromatic N) is 1. The van der Waals surface area contributed by atoms with Crippen molar-refractivity contribution in [2.24, 2.45) is 11.3 Å². The van der Waals surface area contributed by atoms with Gasteiger partial charge in [0.1, 0.15) is 6.04 Å². The Morgan fingerprint density at radius 1 is 1.10 bits per heavy atom. The summed E-state index contributed by atoms with van der Waals surface area (Å²) in [6.07, 6.45) is 2.49. The molecule has 2 aliphatic heterocycles. The molecule has 1 unspecified atom stereocenters. The minimum absolute atomic E-state index is 0.112. The van der Waals surface area contributed by atoms with Crippen LogP contribution in [0.1, 0.15) is 65.4 Å². The number of carbonyl (C=O) groups is 5. The first-order chi connectivity index (χ1) is 19.4. The van der Waals surface area contributed by atoms with Gasteiger partial charge < -0.3 is 30.9 Å². The highest BCUT2D eigenvalue weighted by Crippen LogP contribution is 2.39. The molecule has 11 nitrogen and oxygen atoms in total. The normalized spacial score (nSPS) is 25.2. The van der Waals surface area contributed by atoms with Gasteiger partial charge in [-0.1, -0.05) is 32.9 Å². The third-order valence-electron chi connectivity index (χ3n) is 8.44. The third kappa shape index (κ3) is 7.25. The van der Waals surface area contributed by atoms with E-state index in [0.717, 1.165) is 24.8 Å². The average Bonchev–Trinajstić information content (AvgIpc) is 3.63. The first-order valence-corrected chi connectivity index (χ1v) is 14.5. The van der Waals surface area contributed by atoms with Crippen molar-refractivity contribution >= 4 is 35.3 Å². The second-order valence-corrected chi connectivity index (χ2v) is 12.5. The van der Waals surface area contributed by atoms with E-state index < -0.39 is 23.6 Å². The number of benzene rings is 1. The topological polar surface area (TPSA) is 146 Å². The van der Waals surface area contributed by atoms with Crippen LogP contribution in [-0.2, 0) is 35.1 Å². The van der Waals surface area contributed by atoms with Crippen LogP contribution in [0.5, 0.6) is 0 Å². The molecule has 0 bridgehead atoms. The van der Waals surface area contributed by atoms with E-state index in [-0.39, 0.29) is 54.5 Å². The summed E-state index contributed by atoms with van der Waals surface area (Å²) in [6, 6.07) is 5.63. The smallest absolute Gasteiger partial charge is 0.306 e. The Morgan fingerprint density at radius 3 is 2.51 bits per heavy atom. The van der Waals surface area contributed by atoms with Crippen LogP contribution in [0.2, 0.25) is 0 Å². The molecule has 4 amide bonds. The highest BCUT2D eigenvalue weighted by molar-refractivity contribution is 5.96. The number of amides is 4. The summed E-state index contributed by atoms with van der Waals surface area (Å²) in [7, 11) is 1.70. The number of ether oxygens (including phenoxy) is 1. The van der Waals surface area contributed by atoms with E-state index in [1.54, 1.807) is 32.2 Å². The molecular formula is C30H43N5O6. The Kier molecular flexibility index (Phi) is 9.36. The summed E-state index contributed by atoms with van der Waals surface area (Å²) in [5, 5.41) is 11.8. The van der Waals surface area contributed by atoms with E-state index in [2.05, 4.69) is 21.3 Å². The molecule has 6 atom stereocenters. The van der Waals surface area contributed by atoms with Gasteiger partial charge in [-0.2, -0.15) is 0 Å². The van der Waals surface area contributed by atoms with Gasteiger partial charge in [-0.15, -0.1) is 0 Å². The minimum Gasteiger partial charge on any atom is -0.452 e. The largest absolute Gasteiger partial charge is 0.452 e. The molecule has 224 valence electrons. The van der Waals surface area contributed by atoms with Crippen LogP contribution in [0.3, 0.4) is 0 Å². The lowest BCUT2D eigenvalue weighted by Gasteiger charge is -2.38. The summed E-state index contributed by atoms with van der Waals surface area (Å²) in [5.74, 6) is -0.957. The van der Waals surface area contributed by atoms with Crippen molar-refractivity contribution < 1.29 is 28.7 Å². The predicted molar refractivity (Wildman–Crippen MR) is 153 cm³/mol. The van der Waals surface area contributed by atoms with Gasteiger partial charge in [-0.25, -0.2) is 0 Å². The number of hydrogen-bond acceptors (Lipinski definition) is 7. The molecule has 1 aliphatic carbocycles. The van der Waals surface area contributed by atoms with Crippen molar-refractivity contribution in [3.8, 4) is 0 Å². The molecule has 2 saturated heterocycles. The Morgan fingerprint density at radius 2 is 1.85 bits per heavy atom. The van der Waals surface area contributed by atoms with E-state index in [1.165, 1.54) is 0 Å². The minimum atomic E-state index is -0.792. The number of nitrogens with one attached hydrogen (secondary N) is 4. The van der Waals surface area contributed by atoms with Crippen molar-refractivity contribution in [3.05, 3.63) is 29.8 Å². The predicted octanol–water partition coefficient (Wildman–Crippen LogP) is 1.51. The van der Waals surface area contributed by atoms with Gasteiger partial charge in [0.25, 0.3) is 5.91 Å². The summed E-state index contributed by atoms with van der Waals surface area (Å²) in [6.45, 7) is 8.18. The maximum Gasteiger partial charge on any atom is 0.306 e. The quantitative estimate of drug-likeness (QED) is 0.330. The maximum atomic E-state index is 13.9. The molecule has 1 aromatic carbocycles. The SMILES string of the molecule is CN[C@@H](C)C(=O)N[C@H](C(=O)N1CC[C@H]2CC[C@H](NC(=O)Cc3cccc(NC(=O)C4CCC(=O)O4)c3)[C@H]21)C(C)(C)C. The zero-order chi connectivity index (χ0) is 29.9. The lowest BCUT2D eigenvalue weighted by atomic mass is 9.85. The Balaban J connectivity index is 1.38. The van der Waals surface area contributed by atoms with Crippen LogP contribution >= 0.6 is 0 Å². The van der Waals surface area contributed by atoms with Crippen molar-refractivity contribution in [1.82, 2.24) is 20.9 Å². The van der Waals surface area contributed by atoms with Gasteiger partial charge in [-0.3, -0.25) is 24.0 Å². The fourth-order valence-corrected chi connectivity index (χ4v) is 6.07. The zero-order valence-electron chi connectivity index (χ0n) is 24.6. The number of anilines is 1. The fraction of sp³-hybridized carbons (Fsp3) is 0.633. The van der Waals surface area contributed by atoms with Crippen LogP contribution in [0.4, 0.5) is 5.69 Å². The number of carbonyl (C=O) groups excluding carboxylic acids is 5. The second-order valence-electron chi connectivity index (χ2n) is 12.5. The number of cyclic esters (lactones) is 1. The molecule has 4 N–H and O–H groups in total. The number of esters is 1. The first kappa shape index (κ1) is 30.5. The summed E-state index contributed by atoms with van der Waals surface area (Å²) >= 11 is 0. The molecule has 2 heterocycles. The molecular weight excluding hydrogens is 526 g/mol. The van der Waals surface area contributed by atoms with Gasteiger partial charge >= 0.3 is 5.97 Å². The van der Waals surface area contributed by atoms with Crippen LogP contribution in [0.25, 0.3) is 0 Å². The van der Waals surface area contributed by atoms with Gasteiger partial charge in [0.2, 0.25) is 17.7 Å². The number of hydrogen-bond donors (Lipinski definition) is 4. The molecule has 41 heavy (non-hydrogen) atoms. The molecule has 3 fully saturated rings. The van der Waals surface area contributed by atoms with Gasteiger partial charge in [0.15, 0.2) is 6.10 Å². The van der Waals surface area contributed by atoms with Crippen molar-refractivity contribution in [2.75, 3.05) is 18.9 Å². The lowest BCUT2D eigenvalue weighted by Crippen LogP contribution is -2.60. The average molecular weight is 570 g/mol. The monoisotopic (exact) mass is 569 g/mol. The highest BCUT2D eigenvalue weighted by Gasteiger charge is 2.49. The van der Waals surface area contributed by atoms with Gasteiger partial charge in [-0.05, 0) is 62.3 Å². The number of fused-ring (bicyclic) bond motifs is 1. The molecule has 1 saturated carbocycles. The maximum absolute atomic E-state index is 13.9. The lowest BCUT2D eigenvalue weighted by molar-refractivity contribution is -0.146. The Hall–Kier alpha value is -3.47. The third-order valence-corrected chi connectivity index (χ3v) is 8.44. The Labute approximate surface area is 241 Å². The van der Waals surface area contributed by atoms with Crippen molar-refractivity contribution in [3.63, 3.8) is 0 Å². The molecule has 0 aromatic heterocycles. The van der Waals surface area contributed by atoms with Gasteiger partial charge in [0.05, 0.1) is 18.5 Å². The highest BCUT2D eigenvalue weighted by atomic mass is 16.6. The molecule has 3 aliphatic rings. The van der Waals surface area contributed by atoms with E-state index in [0.29, 0.717) is 24.6 Å². The number of likely N-dealkylation sites (tertiary alicyclic amines) is 1. The van der Waals surface area contributed by atoms with E-state index in [9.17, 15) is 24.0 Å². The van der Waals surface area contributed by atoms with Crippen LogP contribution in [0.15, 0.2) is 24.3 Å². The molecule has 4 rings (SSSR count). The van der Waals surface area contributed by atoms with Crippen LogP contribution in [-0.4, -0.2) is 78.4 Å².